The Bertz CT molecular complexity index is 1070. The average Bonchev–Trinajstić information content (AvgIpc) is 3.15. The Morgan fingerprint density at radius 3 is 2.83 bits per heavy atom. The Hall–Kier alpha value is -2.25. The molecule has 3 aromatic rings. The Labute approximate surface area is 178 Å². The monoisotopic (exact) mass is 427 g/mol. The van der Waals surface area contributed by atoms with E-state index < -0.39 is 0 Å². The summed E-state index contributed by atoms with van der Waals surface area (Å²) in [5, 5.41) is 1.33. The second kappa shape index (κ2) is 9.98. The maximum atomic E-state index is 13.2. The molecule has 0 spiro atoms. The van der Waals surface area contributed by atoms with Crippen LogP contribution in [0.5, 0.6) is 0 Å². The SMILES string of the molecule is C=CCn1c(SCC(=O)c2ccccn2)nc2sc3c(c2c1=O)CCCC3.CC. The van der Waals surface area contributed by atoms with Gasteiger partial charge in [0.25, 0.3) is 5.56 Å². The molecule has 0 radical (unpaired) electrons. The van der Waals surface area contributed by atoms with Gasteiger partial charge in [-0.1, -0.05) is 37.8 Å². The zero-order valence-electron chi connectivity index (χ0n) is 16.8. The molecule has 0 unspecified atom stereocenters. The molecule has 0 atom stereocenters. The number of allylic oxidation sites excluding steroid dienone is 1. The van der Waals surface area contributed by atoms with Crippen molar-refractivity contribution in [2.24, 2.45) is 0 Å². The van der Waals surface area contributed by atoms with Gasteiger partial charge in [0.15, 0.2) is 10.9 Å². The molecule has 0 aromatic carbocycles. The molecule has 1 aliphatic rings. The van der Waals surface area contributed by atoms with Crippen LogP contribution >= 0.6 is 23.1 Å². The summed E-state index contributed by atoms with van der Waals surface area (Å²) in [4.78, 5) is 36.5. The lowest BCUT2D eigenvalue weighted by molar-refractivity contribution is 0.101. The summed E-state index contributed by atoms with van der Waals surface area (Å²) in [5.74, 6) is 0.113. The average molecular weight is 428 g/mol. The number of hydrogen-bond acceptors (Lipinski definition) is 6. The molecule has 5 nitrogen and oxygen atoms in total. The van der Waals surface area contributed by atoms with Crippen molar-refractivity contribution in [1.29, 1.82) is 0 Å². The van der Waals surface area contributed by atoms with Crippen molar-refractivity contribution in [3.63, 3.8) is 0 Å². The van der Waals surface area contributed by atoms with Gasteiger partial charge in [-0.25, -0.2) is 4.98 Å². The first-order valence-corrected chi connectivity index (χ1v) is 11.7. The second-order valence-corrected chi connectivity index (χ2v) is 8.44. The van der Waals surface area contributed by atoms with Crippen LogP contribution in [0.15, 0.2) is 47.0 Å². The van der Waals surface area contributed by atoms with Gasteiger partial charge in [0, 0.05) is 17.6 Å². The minimum absolute atomic E-state index is 0.0212. The molecule has 0 bridgehead atoms. The highest BCUT2D eigenvalue weighted by Gasteiger charge is 2.22. The molecular weight excluding hydrogens is 402 g/mol. The highest BCUT2D eigenvalue weighted by Crippen LogP contribution is 2.34. The first-order valence-electron chi connectivity index (χ1n) is 9.92. The maximum Gasteiger partial charge on any atom is 0.263 e. The fourth-order valence-corrected chi connectivity index (χ4v) is 5.54. The van der Waals surface area contributed by atoms with Crippen molar-refractivity contribution < 1.29 is 4.79 Å². The number of thiophene rings is 1. The number of carbonyl (C=O) groups is 1. The van der Waals surface area contributed by atoms with Crippen molar-refractivity contribution >= 4 is 39.1 Å². The number of Topliss-reactive ketones (excluding diaryl/α,β-unsaturated/α-hetero) is 1. The van der Waals surface area contributed by atoms with Crippen LogP contribution in [0, 0.1) is 0 Å². The van der Waals surface area contributed by atoms with Gasteiger partial charge in [-0.2, -0.15) is 0 Å². The van der Waals surface area contributed by atoms with Crippen molar-refractivity contribution in [2.75, 3.05) is 5.75 Å². The molecule has 152 valence electrons. The van der Waals surface area contributed by atoms with E-state index in [1.165, 1.54) is 28.6 Å². The molecule has 3 aromatic heterocycles. The van der Waals surface area contributed by atoms with E-state index in [1.54, 1.807) is 46.4 Å². The van der Waals surface area contributed by atoms with Gasteiger partial charge in [-0.15, -0.1) is 17.9 Å². The third-order valence-corrected chi connectivity index (χ3v) is 6.80. The van der Waals surface area contributed by atoms with Gasteiger partial charge < -0.3 is 0 Å². The molecule has 0 fully saturated rings. The van der Waals surface area contributed by atoms with E-state index in [4.69, 9.17) is 4.98 Å². The smallest absolute Gasteiger partial charge is 0.263 e. The minimum Gasteiger partial charge on any atom is -0.291 e. The largest absolute Gasteiger partial charge is 0.291 e. The van der Waals surface area contributed by atoms with E-state index >= 15 is 0 Å². The zero-order valence-corrected chi connectivity index (χ0v) is 18.4. The van der Waals surface area contributed by atoms with E-state index in [0.717, 1.165) is 29.5 Å². The van der Waals surface area contributed by atoms with Gasteiger partial charge in [-0.05, 0) is 43.4 Å². The van der Waals surface area contributed by atoms with E-state index in [1.807, 2.05) is 13.8 Å². The predicted molar refractivity (Wildman–Crippen MR) is 121 cm³/mol. The van der Waals surface area contributed by atoms with Crippen LogP contribution in [-0.4, -0.2) is 26.1 Å². The van der Waals surface area contributed by atoms with Gasteiger partial charge in [0.05, 0.1) is 11.1 Å². The van der Waals surface area contributed by atoms with Crippen LogP contribution in [0.4, 0.5) is 0 Å². The van der Waals surface area contributed by atoms with Crippen molar-refractivity contribution in [3.8, 4) is 0 Å². The molecule has 4 rings (SSSR count). The second-order valence-electron chi connectivity index (χ2n) is 6.42. The van der Waals surface area contributed by atoms with Gasteiger partial charge in [0.2, 0.25) is 0 Å². The van der Waals surface area contributed by atoms with Crippen molar-refractivity contribution in [3.05, 3.63) is 63.5 Å². The van der Waals surface area contributed by atoms with Crippen LogP contribution in [0.3, 0.4) is 0 Å². The fraction of sp³-hybridized carbons (Fsp3) is 0.364. The first-order chi connectivity index (χ1) is 14.2. The third-order valence-electron chi connectivity index (χ3n) is 4.63. The molecule has 0 N–H and O–H groups in total. The number of hydrogen-bond donors (Lipinski definition) is 0. The van der Waals surface area contributed by atoms with Gasteiger partial charge in [-0.3, -0.25) is 19.1 Å². The van der Waals surface area contributed by atoms with E-state index in [9.17, 15) is 9.59 Å². The summed E-state index contributed by atoms with van der Waals surface area (Å²) < 4.78 is 1.63. The number of aryl methyl sites for hydroxylation is 2. The fourth-order valence-electron chi connectivity index (χ4n) is 3.35. The van der Waals surface area contributed by atoms with E-state index in [-0.39, 0.29) is 17.1 Å². The number of nitrogens with zero attached hydrogens (tertiary/aromatic N) is 3. The molecule has 0 aliphatic heterocycles. The Balaban J connectivity index is 0.00000117. The number of rotatable bonds is 6. The Morgan fingerprint density at radius 1 is 1.31 bits per heavy atom. The van der Waals surface area contributed by atoms with E-state index in [2.05, 4.69) is 11.6 Å². The molecular formula is C22H25N3O2S2. The Kier molecular flexibility index (Phi) is 7.39. The summed E-state index contributed by atoms with van der Waals surface area (Å²) in [7, 11) is 0. The lowest BCUT2D eigenvalue weighted by Gasteiger charge is -2.12. The van der Waals surface area contributed by atoms with Crippen LogP contribution in [0.1, 0.15) is 47.6 Å². The first kappa shape index (κ1) is 21.5. The predicted octanol–water partition coefficient (Wildman–Crippen LogP) is 4.92. The normalized spacial score (nSPS) is 12.8. The highest BCUT2D eigenvalue weighted by molar-refractivity contribution is 7.99. The van der Waals surface area contributed by atoms with Gasteiger partial charge >= 0.3 is 0 Å². The lowest BCUT2D eigenvalue weighted by Crippen LogP contribution is -2.23. The number of carbonyl (C=O) groups excluding carboxylic acids is 1. The summed E-state index contributed by atoms with van der Waals surface area (Å²) in [6, 6.07) is 5.27. The quantitative estimate of drug-likeness (QED) is 0.242. The lowest BCUT2D eigenvalue weighted by atomic mass is 9.97. The maximum absolute atomic E-state index is 13.2. The number of ketones is 1. The molecule has 29 heavy (non-hydrogen) atoms. The molecule has 0 amide bonds. The molecule has 0 saturated heterocycles. The van der Waals surface area contributed by atoms with Crippen LogP contribution < -0.4 is 5.56 Å². The van der Waals surface area contributed by atoms with Crippen LogP contribution in [0.2, 0.25) is 0 Å². The standard InChI is InChI=1S/C20H19N3O2S2.C2H6/c1-2-11-23-19(25)17-13-7-3-4-9-16(13)27-18(17)22-20(23)26-12-15(24)14-8-5-6-10-21-14;1-2/h2,5-6,8,10H,1,3-4,7,9,11-12H2;1-2H3. The summed E-state index contributed by atoms with van der Waals surface area (Å²) in [5.41, 5.74) is 1.58. The Morgan fingerprint density at radius 2 is 2.10 bits per heavy atom. The summed E-state index contributed by atoms with van der Waals surface area (Å²) >= 11 is 2.91. The molecule has 1 aliphatic carbocycles. The molecule has 0 saturated carbocycles. The van der Waals surface area contributed by atoms with Crippen LogP contribution in [0.25, 0.3) is 10.2 Å². The van der Waals surface area contributed by atoms with Crippen molar-refractivity contribution in [1.82, 2.24) is 14.5 Å². The summed E-state index contributed by atoms with van der Waals surface area (Å²) in [6.07, 6.45) is 7.56. The third kappa shape index (κ3) is 4.51. The van der Waals surface area contributed by atoms with Gasteiger partial charge in [0.1, 0.15) is 10.5 Å². The number of fused-ring (bicyclic) bond motifs is 3. The molecule has 3 heterocycles. The zero-order chi connectivity index (χ0) is 20.8. The van der Waals surface area contributed by atoms with E-state index in [0.29, 0.717) is 17.4 Å². The number of thioether (sulfide) groups is 1. The minimum atomic E-state index is -0.0782. The van der Waals surface area contributed by atoms with Crippen molar-refractivity contribution in [2.45, 2.75) is 51.2 Å². The number of aromatic nitrogens is 3. The number of pyridine rings is 1. The topological polar surface area (TPSA) is 64.8 Å². The summed E-state index contributed by atoms with van der Waals surface area (Å²) in [6.45, 7) is 8.15. The van der Waals surface area contributed by atoms with Crippen LogP contribution in [-0.2, 0) is 19.4 Å². The highest BCUT2D eigenvalue weighted by atomic mass is 32.2. The molecule has 7 heteroatoms.